The lowest BCUT2D eigenvalue weighted by Gasteiger charge is -2.29. The van der Waals surface area contributed by atoms with E-state index in [4.69, 9.17) is 0 Å². The SMILES string of the molecule is CCNc1cc(C(=O)N(C)[C@H]2CCC[C@H]2SC)ccn1. The van der Waals surface area contributed by atoms with E-state index in [1.165, 1.54) is 12.8 Å². The number of rotatable bonds is 5. The molecule has 2 rings (SSSR count). The Hall–Kier alpha value is -1.23. The van der Waals surface area contributed by atoms with Crippen LogP contribution in [0, 0.1) is 0 Å². The van der Waals surface area contributed by atoms with Crippen LogP contribution in [0.15, 0.2) is 18.3 Å². The zero-order valence-electron chi connectivity index (χ0n) is 12.4. The Balaban J connectivity index is 2.11. The van der Waals surface area contributed by atoms with Gasteiger partial charge in [0.2, 0.25) is 0 Å². The summed E-state index contributed by atoms with van der Waals surface area (Å²) in [6.07, 6.45) is 7.37. The lowest BCUT2D eigenvalue weighted by molar-refractivity contribution is 0.0738. The normalized spacial score (nSPS) is 21.8. The van der Waals surface area contributed by atoms with Crippen molar-refractivity contribution in [2.45, 2.75) is 37.5 Å². The van der Waals surface area contributed by atoms with E-state index in [1.807, 2.05) is 36.7 Å². The average molecular weight is 293 g/mol. The van der Waals surface area contributed by atoms with Crippen molar-refractivity contribution in [3.05, 3.63) is 23.9 Å². The number of nitrogens with one attached hydrogen (secondary N) is 1. The molecule has 0 bridgehead atoms. The predicted octanol–water partition coefficient (Wildman–Crippen LogP) is 2.87. The first-order chi connectivity index (χ1) is 9.67. The van der Waals surface area contributed by atoms with Crippen molar-refractivity contribution >= 4 is 23.5 Å². The van der Waals surface area contributed by atoms with Gasteiger partial charge in [-0.05, 0) is 38.2 Å². The van der Waals surface area contributed by atoms with Gasteiger partial charge in [-0.2, -0.15) is 11.8 Å². The van der Waals surface area contributed by atoms with Gasteiger partial charge in [0, 0.05) is 36.6 Å². The third kappa shape index (κ3) is 3.26. The van der Waals surface area contributed by atoms with Crippen LogP contribution in [0.2, 0.25) is 0 Å². The lowest BCUT2D eigenvalue weighted by Crippen LogP contribution is -2.40. The molecule has 0 radical (unpaired) electrons. The minimum absolute atomic E-state index is 0.0949. The van der Waals surface area contributed by atoms with Crippen molar-refractivity contribution in [1.82, 2.24) is 9.88 Å². The highest BCUT2D eigenvalue weighted by atomic mass is 32.2. The Kier molecular flexibility index (Phi) is 5.29. The third-order valence-electron chi connectivity index (χ3n) is 3.90. The molecule has 0 aliphatic heterocycles. The number of pyridine rings is 1. The maximum Gasteiger partial charge on any atom is 0.254 e. The smallest absolute Gasteiger partial charge is 0.254 e. The number of amides is 1. The van der Waals surface area contributed by atoms with E-state index in [0.717, 1.165) is 18.8 Å². The van der Waals surface area contributed by atoms with Gasteiger partial charge in [0.1, 0.15) is 5.82 Å². The quantitative estimate of drug-likeness (QED) is 0.906. The van der Waals surface area contributed by atoms with Crippen molar-refractivity contribution in [3.8, 4) is 0 Å². The number of nitrogens with zero attached hydrogens (tertiary/aromatic N) is 2. The van der Waals surface area contributed by atoms with E-state index >= 15 is 0 Å². The summed E-state index contributed by atoms with van der Waals surface area (Å²) < 4.78 is 0. The highest BCUT2D eigenvalue weighted by Crippen LogP contribution is 2.32. The van der Waals surface area contributed by atoms with E-state index < -0.39 is 0 Å². The molecule has 1 aromatic heterocycles. The summed E-state index contributed by atoms with van der Waals surface area (Å²) in [5.41, 5.74) is 0.713. The average Bonchev–Trinajstić information content (AvgIpc) is 2.95. The standard InChI is InChI=1S/C15H23N3OS/c1-4-16-14-10-11(8-9-17-14)15(19)18(2)12-6-5-7-13(12)20-3/h8-10,12-13H,4-7H2,1-3H3,(H,16,17)/t12-,13+/m0/s1. The largest absolute Gasteiger partial charge is 0.370 e. The van der Waals surface area contributed by atoms with Crippen LogP contribution >= 0.6 is 11.8 Å². The number of anilines is 1. The van der Waals surface area contributed by atoms with Crippen LogP contribution in [-0.2, 0) is 0 Å². The second kappa shape index (κ2) is 6.97. The topological polar surface area (TPSA) is 45.2 Å². The fraction of sp³-hybridized carbons (Fsp3) is 0.600. The van der Waals surface area contributed by atoms with Gasteiger partial charge in [0.25, 0.3) is 5.91 Å². The Morgan fingerprint density at radius 3 is 3.05 bits per heavy atom. The summed E-state index contributed by atoms with van der Waals surface area (Å²) in [5, 5.41) is 3.71. The first-order valence-corrected chi connectivity index (χ1v) is 8.46. The van der Waals surface area contributed by atoms with E-state index in [2.05, 4.69) is 16.6 Å². The Morgan fingerprint density at radius 1 is 1.55 bits per heavy atom. The molecule has 1 amide bonds. The zero-order chi connectivity index (χ0) is 14.5. The molecule has 1 saturated carbocycles. The number of hydrogen-bond donors (Lipinski definition) is 1. The van der Waals surface area contributed by atoms with Crippen molar-refractivity contribution in [2.24, 2.45) is 0 Å². The van der Waals surface area contributed by atoms with Crippen LogP contribution in [0.1, 0.15) is 36.5 Å². The molecule has 1 aromatic rings. The maximum absolute atomic E-state index is 12.6. The molecular weight excluding hydrogens is 270 g/mol. The molecule has 0 spiro atoms. The van der Waals surface area contributed by atoms with Crippen molar-refractivity contribution in [1.29, 1.82) is 0 Å². The maximum atomic E-state index is 12.6. The van der Waals surface area contributed by atoms with Gasteiger partial charge in [-0.3, -0.25) is 4.79 Å². The van der Waals surface area contributed by atoms with Gasteiger partial charge in [-0.25, -0.2) is 4.98 Å². The van der Waals surface area contributed by atoms with E-state index in [1.54, 1.807) is 12.3 Å². The fourth-order valence-corrected chi connectivity index (χ4v) is 3.86. The van der Waals surface area contributed by atoms with Crippen molar-refractivity contribution in [2.75, 3.05) is 25.2 Å². The molecular formula is C15H23N3OS. The number of aromatic nitrogens is 1. The van der Waals surface area contributed by atoms with Gasteiger partial charge >= 0.3 is 0 Å². The molecule has 4 nitrogen and oxygen atoms in total. The number of hydrogen-bond acceptors (Lipinski definition) is 4. The summed E-state index contributed by atoms with van der Waals surface area (Å²) in [5.74, 6) is 0.858. The summed E-state index contributed by atoms with van der Waals surface area (Å²) in [7, 11) is 1.93. The van der Waals surface area contributed by atoms with Gasteiger partial charge < -0.3 is 10.2 Å². The van der Waals surface area contributed by atoms with Crippen LogP contribution in [-0.4, -0.2) is 46.9 Å². The summed E-state index contributed by atoms with van der Waals surface area (Å²) in [4.78, 5) is 18.7. The van der Waals surface area contributed by atoms with Gasteiger partial charge in [0.05, 0.1) is 0 Å². The number of carbonyl (C=O) groups excluding carboxylic acids is 1. The molecule has 0 unspecified atom stereocenters. The second-order valence-corrected chi connectivity index (χ2v) is 6.23. The highest BCUT2D eigenvalue weighted by molar-refractivity contribution is 7.99. The first kappa shape index (κ1) is 15.2. The fourth-order valence-electron chi connectivity index (χ4n) is 2.82. The monoisotopic (exact) mass is 293 g/mol. The van der Waals surface area contributed by atoms with Crippen LogP contribution in [0.3, 0.4) is 0 Å². The Morgan fingerprint density at radius 2 is 2.35 bits per heavy atom. The molecule has 1 heterocycles. The van der Waals surface area contributed by atoms with E-state index in [-0.39, 0.29) is 5.91 Å². The number of thioether (sulfide) groups is 1. The van der Waals surface area contributed by atoms with Crippen molar-refractivity contribution < 1.29 is 4.79 Å². The molecule has 0 aromatic carbocycles. The molecule has 20 heavy (non-hydrogen) atoms. The molecule has 0 saturated heterocycles. The molecule has 2 atom stereocenters. The van der Waals surface area contributed by atoms with E-state index in [9.17, 15) is 4.79 Å². The van der Waals surface area contributed by atoms with Crippen LogP contribution in [0.4, 0.5) is 5.82 Å². The third-order valence-corrected chi connectivity index (χ3v) is 5.06. The molecule has 1 fully saturated rings. The molecule has 1 aliphatic rings. The summed E-state index contributed by atoms with van der Waals surface area (Å²) in [6.45, 7) is 2.82. The summed E-state index contributed by atoms with van der Waals surface area (Å²) >= 11 is 1.87. The minimum atomic E-state index is 0.0949. The lowest BCUT2D eigenvalue weighted by atomic mass is 10.1. The van der Waals surface area contributed by atoms with Crippen LogP contribution in [0.25, 0.3) is 0 Å². The Bertz CT molecular complexity index is 466. The zero-order valence-corrected chi connectivity index (χ0v) is 13.2. The molecule has 5 heteroatoms. The number of carbonyl (C=O) groups is 1. The molecule has 110 valence electrons. The minimum Gasteiger partial charge on any atom is -0.370 e. The van der Waals surface area contributed by atoms with Gasteiger partial charge in [0.15, 0.2) is 0 Å². The Labute approximate surface area is 125 Å². The second-order valence-electron chi connectivity index (χ2n) is 5.15. The molecule has 1 N–H and O–H groups in total. The van der Waals surface area contributed by atoms with Crippen LogP contribution in [0.5, 0.6) is 0 Å². The van der Waals surface area contributed by atoms with Crippen molar-refractivity contribution in [3.63, 3.8) is 0 Å². The van der Waals surface area contributed by atoms with Gasteiger partial charge in [-0.15, -0.1) is 0 Å². The molecule has 1 aliphatic carbocycles. The highest BCUT2D eigenvalue weighted by Gasteiger charge is 2.32. The predicted molar refractivity (Wildman–Crippen MR) is 85.4 cm³/mol. The summed E-state index contributed by atoms with van der Waals surface area (Å²) in [6, 6.07) is 3.99. The first-order valence-electron chi connectivity index (χ1n) is 7.17. The van der Waals surface area contributed by atoms with Gasteiger partial charge in [-0.1, -0.05) is 6.42 Å². The van der Waals surface area contributed by atoms with Crippen LogP contribution < -0.4 is 5.32 Å². The van der Waals surface area contributed by atoms with E-state index in [0.29, 0.717) is 16.9 Å².